The Bertz CT molecular complexity index is 93.7. The van der Waals surface area contributed by atoms with Gasteiger partial charge in [0.15, 0.2) is 0 Å². The quantitative estimate of drug-likeness (QED) is 0.497. The van der Waals surface area contributed by atoms with Crippen molar-refractivity contribution in [3.05, 3.63) is 12.2 Å². The zero-order chi connectivity index (χ0) is 7.70. The second-order valence-corrected chi connectivity index (χ2v) is 1.68. The van der Waals surface area contributed by atoms with Gasteiger partial charge in [0.25, 0.3) is 0 Å². The molecule has 0 aromatic carbocycles. The first-order valence-electron chi connectivity index (χ1n) is 2.59. The molecule has 10 heavy (non-hydrogen) atoms. The molecule has 1 N–H and O–H groups in total. The van der Waals surface area contributed by atoms with Crippen LogP contribution in [0.2, 0.25) is 0 Å². The van der Waals surface area contributed by atoms with Crippen molar-refractivity contribution < 1.29 is 4.79 Å². The summed E-state index contributed by atoms with van der Waals surface area (Å²) in [5.74, 6) is 0. The van der Waals surface area contributed by atoms with Crippen LogP contribution in [0.25, 0.3) is 0 Å². The Morgan fingerprint density at radius 3 is 1.80 bits per heavy atom. The van der Waals surface area contributed by atoms with Crippen molar-refractivity contribution in [2.45, 2.75) is 6.92 Å². The van der Waals surface area contributed by atoms with E-state index in [2.05, 4.69) is 5.32 Å². The van der Waals surface area contributed by atoms with Crippen LogP contribution in [0.5, 0.6) is 0 Å². The first-order valence-corrected chi connectivity index (χ1v) is 2.97. The highest BCUT2D eigenvalue weighted by molar-refractivity contribution is 6.66. The van der Waals surface area contributed by atoms with E-state index in [1.165, 1.54) is 6.08 Å². The fourth-order valence-corrected chi connectivity index (χ4v) is 0.257. The molecular weight excluding hydrogens is 173 g/mol. The summed E-state index contributed by atoms with van der Waals surface area (Å²) in [5.41, 5.74) is 0. The molecule has 2 nitrogen and oxygen atoms in total. The normalized spacial score (nSPS) is 7.60. The van der Waals surface area contributed by atoms with E-state index in [1.807, 2.05) is 14.1 Å². The summed E-state index contributed by atoms with van der Waals surface area (Å²) in [4.78, 5) is 9.72. The van der Waals surface area contributed by atoms with E-state index in [1.54, 1.807) is 13.0 Å². The number of hydrogen-bond acceptors (Lipinski definition) is 2. The number of hydrogen-bond donors (Lipinski definition) is 1. The van der Waals surface area contributed by atoms with Crippen molar-refractivity contribution in [3.8, 4) is 0 Å². The van der Waals surface area contributed by atoms with Gasteiger partial charge >= 0.3 is 0 Å². The minimum atomic E-state index is -0.419. The largest absolute Gasteiger partial charge is 0.323 e. The summed E-state index contributed by atoms with van der Waals surface area (Å²) in [6.45, 7) is 1.74. The summed E-state index contributed by atoms with van der Waals surface area (Å²) in [7, 11) is 3.75. The van der Waals surface area contributed by atoms with Gasteiger partial charge in [-0.15, -0.1) is 12.4 Å². The van der Waals surface area contributed by atoms with Crippen LogP contribution < -0.4 is 5.32 Å². The van der Waals surface area contributed by atoms with Crippen LogP contribution in [0, 0.1) is 0 Å². The van der Waals surface area contributed by atoms with Crippen LogP contribution in [0.4, 0.5) is 0 Å². The molecule has 0 heterocycles. The smallest absolute Gasteiger partial charge is 0.244 e. The van der Waals surface area contributed by atoms with E-state index in [-0.39, 0.29) is 12.4 Å². The summed E-state index contributed by atoms with van der Waals surface area (Å²) in [6.07, 6.45) is 2.89. The van der Waals surface area contributed by atoms with E-state index >= 15 is 0 Å². The van der Waals surface area contributed by atoms with Gasteiger partial charge in [0, 0.05) is 0 Å². The van der Waals surface area contributed by atoms with Crippen molar-refractivity contribution >= 4 is 29.3 Å². The number of carbonyl (C=O) groups is 1. The lowest BCUT2D eigenvalue weighted by molar-refractivity contribution is -0.107. The lowest BCUT2D eigenvalue weighted by Gasteiger charge is -1.65. The van der Waals surface area contributed by atoms with Crippen LogP contribution in [0.15, 0.2) is 12.2 Å². The first-order chi connectivity index (χ1) is 4.18. The number of carbonyl (C=O) groups excluding carboxylic acids is 1. The SMILES string of the molecule is C/C=C/C(=O)Cl.CNC.Cl. The highest BCUT2D eigenvalue weighted by Gasteiger charge is 1.77. The van der Waals surface area contributed by atoms with Gasteiger partial charge in [-0.25, -0.2) is 0 Å². The monoisotopic (exact) mass is 185 g/mol. The van der Waals surface area contributed by atoms with Gasteiger partial charge in [-0.1, -0.05) is 6.08 Å². The summed E-state index contributed by atoms with van der Waals surface area (Å²) < 4.78 is 0. The average molecular weight is 186 g/mol. The Labute approximate surface area is 73.0 Å². The molecule has 0 spiro atoms. The zero-order valence-electron chi connectivity index (χ0n) is 6.35. The molecule has 4 heteroatoms. The van der Waals surface area contributed by atoms with Crippen molar-refractivity contribution in [2.75, 3.05) is 14.1 Å². The highest BCUT2D eigenvalue weighted by atomic mass is 35.5. The number of allylic oxidation sites excluding steroid dienone is 2. The molecule has 0 amide bonds. The Morgan fingerprint density at radius 2 is 1.80 bits per heavy atom. The Kier molecular flexibility index (Phi) is 26.4. The molecule has 62 valence electrons. The molecule has 0 saturated heterocycles. The van der Waals surface area contributed by atoms with Gasteiger partial charge in [-0.3, -0.25) is 4.79 Å². The third-order valence-corrected chi connectivity index (χ3v) is 0.424. The first kappa shape index (κ1) is 16.5. The van der Waals surface area contributed by atoms with E-state index < -0.39 is 5.24 Å². The molecular formula is C6H13Cl2NO. The molecule has 0 aliphatic carbocycles. The molecule has 0 aliphatic rings. The van der Waals surface area contributed by atoms with Gasteiger partial charge in [-0.2, -0.15) is 0 Å². The van der Waals surface area contributed by atoms with Gasteiger partial charge in [-0.05, 0) is 38.7 Å². The van der Waals surface area contributed by atoms with Crippen molar-refractivity contribution in [3.63, 3.8) is 0 Å². The maximum atomic E-state index is 9.72. The van der Waals surface area contributed by atoms with Gasteiger partial charge in [0.2, 0.25) is 5.24 Å². The fraction of sp³-hybridized carbons (Fsp3) is 0.500. The molecule has 0 aromatic heterocycles. The summed E-state index contributed by atoms with van der Waals surface area (Å²) in [6, 6.07) is 0. The zero-order valence-corrected chi connectivity index (χ0v) is 7.92. The van der Waals surface area contributed by atoms with Crippen molar-refractivity contribution in [1.29, 1.82) is 0 Å². The summed E-state index contributed by atoms with van der Waals surface area (Å²) in [5, 5.41) is 2.33. The van der Waals surface area contributed by atoms with Gasteiger partial charge in [0.1, 0.15) is 0 Å². The molecule has 0 aliphatic heterocycles. The minimum Gasteiger partial charge on any atom is -0.323 e. The molecule has 0 rings (SSSR count). The molecule has 0 fully saturated rings. The highest BCUT2D eigenvalue weighted by Crippen LogP contribution is 1.78. The van der Waals surface area contributed by atoms with Gasteiger partial charge in [0.05, 0.1) is 0 Å². The lowest BCUT2D eigenvalue weighted by atomic mass is 10.6. The molecule has 0 atom stereocenters. The van der Waals surface area contributed by atoms with Crippen LogP contribution in [-0.4, -0.2) is 19.3 Å². The molecule has 0 saturated carbocycles. The molecule has 0 bridgehead atoms. The molecule has 0 unspecified atom stereocenters. The maximum absolute atomic E-state index is 9.72. The minimum absolute atomic E-state index is 0. The second-order valence-electron chi connectivity index (χ2n) is 1.30. The van der Waals surface area contributed by atoms with E-state index in [0.29, 0.717) is 0 Å². The van der Waals surface area contributed by atoms with Crippen LogP contribution >= 0.6 is 24.0 Å². The Morgan fingerprint density at radius 1 is 1.50 bits per heavy atom. The standard InChI is InChI=1S/C4H5ClO.C2H7N.ClH/c1-2-3-4(5)6;1-3-2;/h2-3H,1H3;3H,1-2H3;1H/b3-2+;;. The predicted octanol–water partition coefficient (Wildman–Crippen LogP) is 1.59. The van der Waals surface area contributed by atoms with Crippen molar-refractivity contribution in [2.24, 2.45) is 0 Å². The number of nitrogens with one attached hydrogen (secondary N) is 1. The fourth-order valence-electron chi connectivity index (χ4n) is 0.131. The molecule has 0 aromatic rings. The van der Waals surface area contributed by atoms with E-state index in [9.17, 15) is 4.79 Å². The Balaban J connectivity index is -0.000000107. The van der Waals surface area contributed by atoms with Crippen molar-refractivity contribution in [1.82, 2.24) is 5.32 Å². The van der Waals surface area contributed by atoms with Crippen LogP contribution in [0.3, 0.4) is 0 Å². The van der Waals surface area contributed by atoms with E-state index in [0.717, 1.165) is 0 Å². The lowest BCUT2D eigenvalue weighted by Crippen LogP contribution is -1.89. The predicted molar refractivity (Wildman–Crippen MR) is 47.9 cm³/mol. The average Bonchev–Trinajstić information content (AvgIpc) is 1.67. The summed E-state index contributed by atoms with van der Waals surface area (Å²) >= 11 is 4.85. The maximum Gasteiger partial charge on any atom is 0.244 e. The third kappa shape index (κ3) is 44.1. The molecule has 0 radical (unpaired) electrons. The topological polar surface area (TPSA) is 29.1 Å². The van der Waals surface area contributed by atoms with Crippen LogP contribution in [0.1, 0.15) is 6.92 Å². The Hall–Kier alpha value is -0.0500. The number of halogens is 2. The second kappa shape index (κ2) is 16.0. The third-order valence-electron chi connectivity index (χ3n) is 0.298. The van der Waals surface area contributed by atoms with Crippen LogP contribution in [-0.2, 0) is 4.79 Å². The van der Waals surface area contributed by atoms with Gasteiger partial charge < -0.3 is 5.32 Å². The van der Waals surface area contributed by atoms with E-state index in [4.69, 9.17) is 11.6 Å². The number of rotatable bonds is 1.